The van der Waals surface area contributed by atoms with Crippen LogP contribution in [0, 0.1) is 17.0 Å². The predicted octanol–water partition coefficient (Wildman–Crippen LogP) is -0.0808. The second-order valence-electron chi connectivity index (χ2n) is 3.84. The zero-order chi connectivity index (χ0) is 13.7. The second-order valence-corrected chi connectivity index (χ2v) is 3.84. The van der Waals surface area contributed by atoms with Crippen LogP contribution in [0.2, 0.25) is 0 Å². The van der Waals surface area contributed by atoms with E-state index in [1.807, 2.05) is 19.0 Å². The Bertz CT molecular complexity index is 437. The number of hydrogen-bond donors (Lipinski definition) is 2. The van der Waals surface area contributed by atoms with Crippen LogP contribution in [0.4, 0.5) is 11.6 Å². The largest absolute Gasteiger partial charge is 0.471 e. The van der Waals surface area contributed by atoms with Crippen molar-refractivity contribution in [1.82, 2.24) is 14.9 Å². The number of aromatic nitrogens is 2. The molecule has 0 spiro atoms. The summed E-state index contributed by atoms with van der Waals surface area (Å²) in [7, 11) is 3.74. The highest BCUT2D eigenvalue weighted by Crippen LogP contribution is 2.28. The van der Waals surface area contributed by atoms with Crippen LogP contribution < -0.4 is 16.0 Å². The average molecular weight is 256 g/mol. The van der Waals surface area contributed by atoms with Gasteiger partial charge >= 0.3 is 5.69 Å². The van der Waals surface area contributed by atoms with Gasteiger partial charge in [0.2, 0.25) is 5.95 Å². The summed E-state index contributed by atoms with van der Waals surface area (Å²) in [5, 5.41) is 10.9. The third-order valence-electron chi connectivity index (χ3n) is 2.12. The maximum absolute atomic E-state index is 10.9. The molecular weight excluding hydrogens is 240 g/mol. The Labute approximate surface area is 104 Å². The zero-order valence-electron chi connectivity index (χ0n) is 10.5. The summed E-state index contributed by atoms with van der Waals surface area (Å²) in [6.45, 7) is 2.40. The summed E-state index contributed by atoms with van der Waals surface area (Å²) in [6.07, 6.45) is 0. The molecule has 9 nitrogen and oxygen atoms in total. The number of nitrogens with one attached hydrogen (secondary N) is 1. The molecule has 100 valence electrons. The summed E-state index contributed by atoms with van der Waals surface area (Å²) in [5.41, 5.74) is 2.19. The standard InChI is InChI=1S/C9H16N6O3/c1-6-7(15(16)17)8(12-9(11-6)13-10)18-5-4-14(2)3/h4-5,10H2,1-3H3,(H,11,12,13). The van der Waals surface area contributed by atoms with E-state index in [-0.39, 0.29) is 29.8 Å². The highest BCUT2D eigenvalue weighted by molar-refractivity contribution is 5.48. The van der Waals surface area contributed by atoms with Crippen molar-refractivity contribution in [3.8, 4) is 5.88 Å². The summed E-state index contributed by atoms with van der Waals surface area (Å²) in [4.78, 5) is 19.9. The Balaban J connectivity index is 2.98. The molecule has 1 aromatic heterocycles. The monoisotopic (exact) mass is 256 g/mol. The van der Waals surface area contributed by atoms with Gasteiger partial charge in [0, 0.05) is 6.54 Å². The molecule has 0 unspecified atom stereocenters. The summed E-state index contributed by atoms with van der Waals surface area (Å²) in [6, 6.07) is 0. The molecular formula is C9H16N6O3. The van der Waals surface area contributed by atoms with E-state index in [0.717, 1.165) is 0 Å². The topological polar surface area (TPSA) is 119 Å². The van der Waals surface area contributed by atoms with Gasteiger partial charge in [-0.3, -0.25) is 15.5 Å². The van der Waals surface area contributed by atoms with Crippen LogP contribution in [0.1, 0.15) is 5.69 Å². The highest BCUT2D eigenvalue weighted by atomic mass is 16.6. The average Bonchev–Trinajstić information content (AvgIpc) is 2.27. The fourth-order valence-electron chi connectivity index (χ4n) is 1.24. The van der Waals surface area contributed by atoms with E-state index in [0.29, 0.717) is 6.54 Å². The second kappa shape index (κ2) is 6.07. The molecule has 0 aromatic carbocycles. The molecule has 0 radical (unpaired) electrons. The van der Waals surface area contributed by atoms with Gasteiger partial charge in [0.1, 0.15) is 12.3 Å². The van der Waals surface area contributed by atoms with E-state index < -0.39 is 4.92 Å². The Morgan fingerprint density at radius 3 is 2.67 bits per heavy atom. The molecule has 9 heteroatoms. The fraction of sp³-hybridized carbons (Fsp3) is 0.556. The number of hydrazine groups is 1. The molecule has 0 atom stereocenters. The lowest BCUT2D eigenvalue weighted by atomic mass is 10.3. The van der Waals surface area contributed by atoms with Gasteiger partial charge in [-0.1, -0.05) is 0 Å². The van der Waals surface area contributed by atoms with Crippen molar-refractivity contribution in [1.29, 1.82) is 0 Å². The Hall–Kier alpha value is -2.00. The number of anilines is 1. The van der Waals surface area contributed by atoms with Crippen LogP contribution in [-0.2, 0) is 0 Å². The van der Waals surface area contributed by atoms with Crippen molar-refractivity contribution in [2.24, 2.45) is 5.84 Å². The number of rotatable bonds is 6. The van der Waals surface area contributed by atoms with Crippen molar-refractivity contribution < 1.29 is 9.66 Å². The lowest BCUT2D eigenvalue weighted by molar-refractivity contribution is -0.387. The molecule has 0 saturated heterocycles. The molecule has 0 aliphatic rings. The smallest absolute Gasteiger partial charge is 0.352 e. The number of ether oxygens (including phenoxy) is 1. The molecule has 1 aromatic rings. The molecule has 0 fully saturated rings. The summed E-state index contributed by atoms with van der Waals surface area (Å²) >= 11 is 0. The predicted molar refractivity (Wildman–Crippen MR) is 65.3 cm³/mol. The maximum Gasteiger partial charge on any atom is 0.352 e. The number of nitro groups is 1. The molecule has 1 rings (SSSR count). The summed E-state index contributed by atoms with van der Waals surface area (Å²) in [5.74, 6) is 5.18. The molecule has 1 heterocycles. The number of aryl methyl sites for hydroxylation is 1. The van der Waals surface area contributed by atoms with Crippen LogP contribution in [0.25, 0.3) is 0 Å². The van der Waals surface area contributed by atoms with Crippen molar-refractivity contribution in [3.05, 3.63) is 15.8 Å². The quantitative estimate of drug-likeness (QED) is 0.412. The lowest BCUT2D eigenvalue weighted by Crippen LogP contribution is -2.20. The summed E-state index contributed by atoms with van der Waals surface area (Å²) < 4.78 is 5.30. The first kappa shape index (κ1) is 14.1. The SMILES string of the molecule is Cc1nc(NN)nc(OCCN(C)C)c1[N+](=O)[O-]. The van der Waals surface area contributed by atoms with E-state index in [1.165, 1.54) is 6.92 Å². The van der Waals surface area contributed by atoms with Gasteiger partial charge in [0.15, 0.2) is 0 Å². The van der Waals surface area contributed by atoms with E-state index in [9.17, 15) is 10.1 Å². The molecule has 0 bridgehead atoms. The normalized spacial score (nSPS) is 10.5. The number of nitrogen functional groups attached to an aromatic ring is 1. The Kier molecular flexibility index (Phi) is 4.75. The number of nitrogens with two attached hydrogens (primary N) is 1. The molecule has 3 N–H and O–H groups in total. The minimum Gasteiger partial charge on any atom is -0.471 e. The van der Waals surface area contributed by atoms with Crippen molar-refractivity contribution >= 4 is 11.6 Å². The van der Waals surface area contributed by atoms with Crippen molar-refractivity contribution in [2.75, 3.05) is 32.7 Å². The van der Waals surface area contributed by atoms with Gasteiger partial charge in [-0.15, -0.1) is 0 Å². The van der Waals surface area contributed by atoms with Crippen molar-refractivity contribution in [2.45, 2.75) is 6.92 Å². The molecule has 0 saturated carbocycles. The number of nitrogens with zero attached hydrogens (tertiary/aromatic N) is 4. The maximum atomic E-state index is 10.9. The van der Waals surface area contributed by atoms with E-state index >= 15 is 0 Å². The molecule has 18 heavy (non-hydrogen) atoms. The van der Waals surface area contributed by atoms with Gasteiger partial charge in [-0.25, -0.2) is 10.8 Å². The number of hydrogen-bond acceptors (Lipinski definition) is 8. The fourth-order valence-corrected chi connectivity index (χ4v) is 1.24. The van der Waals surface area contributed by atoms with Crippen LogP contribution in [0.5, 0.6) is 5.88 Å². The first-order valence-corrected chi connectivity index (χ1v) is 5.23. The van der Waals surface area contributed by atoms with Crippen LogP contribution in [0.3, 0.4) is 0 Å². The minimum atomic E-state index is -0.569. The van der Waals surface area contributed by atoms with Gasteiger partial charge in [0.25, 0.3) is 5.88 Å². The third kappa shape index (κ3) is 3.50. The third-order valence-corrected chi connectivity index (χ3v) is 2.12. The van der Waals surface area contributed by atoms with Gasteiger partial charge in [-0.05, 0) is 21.0 Å². The van der Waals surface area contributed by atoms with Gasteiger partial charge in [-0.2, -0.15) is 4.98 Å². The Morgan fingerprint density at radius 1 is 1.50 bits per heavy atom. The lowest BCUT2D eigenvalue weighted by Gasteiger charge is -2.11. The molecule has 0 aliphatic carbocycles. The minimum absolute atomic E-state index is 0.0812. The van der Waals surface area contributed by atoms with Gasteiger partial charge in [0.05, 0.1) is 4.92 Å². The molecule has 0 amide bonds. The first-order valence-electron chi connectivity index (χ1n) is 5.23. The van der Waals surface area contributed by atoms with E-state index in [4.69, 9.17) is 10.6 Å². The highest BCUT2D eigenvalue weighted by Gasteiger charge is 2.23. The van der Waals surface area contributed by atoms with E-state index in [2.05, 4.69) is 15.4 Å². The van der Waals surface area contributed by atoms with Crippen LogP contribution in [0.15, 0.2) is 0 Å². The molecule has 0 aliphatic heterocycles. The van der Waals surface area contributed by atoms with Crippen LogP contribution >= 0.6 is 0 Å². The zero-order valence-corrected chi connectivity index (χ0v) is 10.5. The Morgan fingerprint density at radius 2 is 2.17 bits per heavy atom. The first-order chi connectivity index (χ1) is 8.45. The van der Waals surface area contributed by atoms with E-state index in [1.54, 1.807) is 0 Å². The van der Waals surface area contributed by atoms with Crippen LogP contribution in [-0.4, -0.2) is 47.0 Å². The van der Waals surface area contributed by atoms with Gasteiger partial charge < -0.3 is 9.64 Å². The van der Waals surface area contributed by atoms with Crippen molar-refractivity contribution in [3.63, 3.8) is 0 Å². The number of likely N-dealkylation sites (N-methyl/N-ethyl adjacent to an activating group) is 1.